The summed E-state index contributed by atoms with van der Waals surface area (Å²) in [5, 5.41) is 15.1. The maximum atomic E-state index is 6.79. The summed E-state index contributed by atoms with van der Waals surface area (Å²) in [4.78, 5) is 10.3. The number of benzene rings is 14. The standard InChI is InChI=1S/C69H40BN3O/c1-3-11-41(12-4-1)43-25-31-52(32-26-43)72-59-39-51(69-71-58-19-7-8-20-61(58)74-69)40-60-66(59)70(56-37-49-23-21-45-15-9-17-47-29-35-54(67(56)72)64(49)62(45)47)57-38-50-24-22-46-16-10-18-48-30-36-55(65(50)63(46)48)68(57)73(60)53-33-27-44(28-34-53)42-13-5-2-6-14-42/h1-40H. The lowest BCUT2D eigenvalue weighted by molar-refractivity contribution is 0.620. The fourth-order valence-electron chi connectivity index (χ4n) is 13.1. The molecular weight excluding hydrogens is 898 g/mol. The lowest BCUT2D eigenvalue weighted by atomic mass is 9.33. The van der Waals surface area contributed by atoms with Gasteiger partial charge < -0.3 is 14.2 Å². The molecule has 0 atom stereocenters. The van der Waals surface area contributed by atoms with Crippen molar-refractivity contribution >= 4 is 133 Å². The summed E-state index contributed by atoms with van der Waals surface area (Å²) in [5.74, 6) is 0.586. The zero-order valence-electron chi connectivity index (χ0n) is 39.9. The molecule has 340 valence electrons. The van der Waals surface area contributed by atoms with E-state index in [4.69, 9.17) is 9.40 Å². The number of fused-ring (bicyclic) bond motifs is 7. The van der Waals surface area contributed by atoms with E-state index in [0.29, 0.717) is 5.89 Å². The van der Waals surface area contributed by atoms with E-state index in [1.165, 1.54) is 115 Å². The summed E-state index contributed by atoms with van der Waals surface area (Å²) in [7, 11) is 0. The Morgan fingerprint density at radius 1 is 0.338 bits per heavy atom. The molecule has 3 heterocycles. The van der Waals surface area contributed by atoms with Crippen molar-refractivity contribution in [2.45, 2.75) is 0 Å². The number of oxazole rings is 1. The summed E-state index contributed by atoms with van der Waals surface area (Å²) in [5.41, 5.74) is 17.8. The summed E-state index contributed by atoms with van der Waals surface area (Å²) < 4.78 is 6.79. The normalized spacial score (nSPS) is 13.1. The lowest BCUT2D eigenvalue weighted by Gasteiger charge is -2.45. The Labute approximate surface area is 426 Å². The van der Waals surface area contributed by atoms with E-state index in [1.807, 2.05) is 24.3 Å². The van der Waals surface area contributed by atoms with Crippen LogP contribution in [0.5, 0.6) is 0 Å². The number of nitrogens with zero attached hydrogens (tertiary/aromatic N) is 3. The minimum atomic E-state index is -0.147. The van der Waals surface area contributed by atoms with Gasteiger partial charge in [0.05, 0.1) is 0 Å². The maximum Gasteiger partial charge on any atom is 0.252 e. The third-order valence-corrected chi connectivity index (χ3v) is 16.3. The molecule has 0 amide bonds. The Kier molecular flexibility index (Phi) is 8.06. The zero-order chi connectivity index (χ0) is 48.2. The van der Waals surface area contributed by atoms with Crippen molar-refractivity contribution < 1.29 is 4.42 Å². The van der Waals surface area contributed by atoms with Crippen molar-refractivity contribution in [1.29, 1.82) is 0 Å². The van der Waals surface area contributed by atoms with Crippen molar-refractivity contribution in [1.82, 2.24) is 4.98 Å². The molecule has 1 aromatic heterocycles. The molecule has 0 spiro atoms. The van der Waals surface area contributed by atoms with Crippen LogP contribution in [-0.4, -0.2) is 11.7 Å². The Bertz CT molecular complexity index is 4450. The van der Waals surface area contributed by atoms with Crippen molar-refractivity contribution in [3.63, 3.8) is 0 Å². The molecule has 2 aliphatic heterocycles. The number of rotatable bonds is 5. The Morgan fingerprint density at radius 3 is 1.26 bits per heavy atom. The second-order valence-corrected chi connectivity index (χ2v) is 20.2. The summed E-state index contributed by atoms with van der Waals surface area (Å²) >= 11 is 0. The molecule has 0 aliphatic carbocycles. The molecular formula is C69H40BN3O. The van der Waals surface area contributed by atoms with E-state index in [0.717, 1.165) is 39.4 Å². The van der Waals surface area contributed by atoms with Gasteiger partial charge in [-0.1, -0.05) is 194 Å². The van der Waals surface area contributed by atoms with Crippen LogP contribution in [0.1, 0.15) is 0 Å². The van der Waals surface area contributed by atoms with E-state index in [-0.39, 0.29) is 6.71 Å². The second-order valence-electron chi connectivity index (χ2n) is 20.2. The monoisotopic (exact) mass is 937 g/mol. The predicted molar refractivity (Wildman–Crippen MR) is 312 cm³/mol. The smallest absolute Gasteiger partial charge is 0.252 e. The molecule has 0 N–H and O–H groups in total. The highest BCUT2D eigenvalue weighted by atomic mass is 16.3. The average molecular weight is 938 g/mol. The summed E-state index contributed by atoms with van der Waals surface area (Å²) in [6.07, 6.45) is 0. The van der Waals surface area contributed by atoms with Crippen molar-refractivity contribution in [3.05, 3.63) is 243 Å². The Hall–Kier alpha value is -9.71. The zero-order valence-corrected chi connectivity index (χ0v) is 39.9. The third-order valence-electron chi connectivity index (χ3n) is 16.3. The first kappa shape index (κ1) is 40.0. The van der Waals surface area contributed by atoms with Crippen molar-refractivity contribution in [2.24, 2.45) is 0 Å². The Balaban J connectivity index is 1.03. The van der Waals surface area contributed by atoms with Gasteiger partial charge in [-0.25, -0.2) is 4.98 Å². The van der Waals surface area contributed by atoms with Crippen LogP contribution in [0.25, 0.3) is 109 Å². The molecule has 15 aromatic rings. The summed E-state index contributed by atoms with van der Waals surface area (Å²) in [6.45, 7) is -0.147. The fourth-order valence-corrected chi connectivity index (χ4v) is 13.1. The molecule has 17 rings (SSSR count). The molecule has 0 saturated carbocycles. The molecule has 0 radical (unpaired) electrons. The van der Waals surface area contributed by atoms with Crippen molar-refractivity contribution in [2.75, 3.05) is 9.80 Å². The Morgan fingerprint density at radius 2 is 0.770 bits per heavy atom. The van der Waals surface area contributed by atoms with E-state index < -0.39 is 0 Å². The number of hydrogen-bond donors (Lipinski definition) is 0. The van der Waals surface area contributed by atoms with E-state index in [1.54, 1.807) is 0 Å². The highest BCUT2D eigenvalue weighted by Crippen LogP contribution is 2.52. The van der Waals surface area contributed by atoms with Gasteiger partial charge in [-0.2, -0.15) is 0 Å². The molecule has 0 fully saturated rings. The van der Waals surface area contributed by atoms with Gasteiger partial charge in [-0.05, 0) is 141 Å². The SMILES string of the molecule is c1ccc(-c2ccc(N3c4cc(-c5nc6ccccc6o5)cc5c4B(c4cc6ccc7cccc8ccc(c43)c6c78)c3cc4ccc6cccc7ccc(c3N5c3ccc(-c5ccccc5)cc3)c4c67)cc2)cc1. The molecule has 74 heavy (non-hydrogen) atoms. The van der Waals surface area contributed by atoms with Crippen LogP contribution in [-0.2, 0) is 0 Å². The second kappa shape index (κ2) is 14.9. The van der Waals surface area contributed by atoms with E-state index >= 15 is 0 Å². The minimum Gasteiger partial charge on any atom is -0.436 e. The number of aromatic nitrogens is 1. The fraction of sp³-hybridized carbons (Fsp3) is 0. The van der Waals surface area contributed by atoms with Gasteiger partial charge in [0, 0.05) is 50.5 Å². The molecule has 4 nitrogen and oxygen atoms in total. The molecule has 0 saturated heterocycles. The number of hydrogen-bond acceptors (Lipinski definition) is 4. The average Bonchev–Trinajstić information content (AvgIpc) is 3.91. The van der Waals surface area contributed by atoms with Gasteiger partial charge >= 0.3 is 0 Å². The minimum absolute atomic E-state index is 0.147. The molecule has 0 bridgehead atoms. The van der Waals surface area contributed by atoms with Gasteiger partial charge in [0.25, 0.3) is 6.71 Å². The van der Waals surface area contributed by atoms with Gasteiger partial charge in [0.15, 0.2) is 5.58 Å². The number of para-hydroxylation sites is 2. The molecule has 2 aliphatic rings. The number of anilines is 6. The van der Waals surface area contributed by atoms with Gasteiger partial charge in [-0.3, -0.25) is 0 Å². The highest BCUT2D eigenvalue weighted by Gasteiger charge is 2.46. The molecule has 5 heteroatoms. The van der Waals surface area contributed by atoms with Gasteiger partial charge in [0.2, 0.25) is 5.89 Å². The third kappa shape index (κ3) is 5.55. The lowest BCUT2D eigenvalue weighted by Crippen LogP contribution is -2.61. The van der Waals surface area contributed by atoms with E-state index in [2.05, 4.69) is 228 Å². The predicted octanol–water partition coefficient (Wildman–Crippen LogP) is 16.7. The van der Waals surface area contributed by atoms with Crippen LogP contribution in [0.3, 0.4) is 0 Å². The maximum absolute atomic E-state index is 6.79. The van der Waals surface area contributed by atoms with Crippen LogP contribution >= 0.6 is 0 Å². The van der Waals surface area contributed by atoms with Crippen LogP contribution in [0.2, 0.25) is 0 Å². The highest BCUT2D eigenvalue weighted by molar-refractivity contribution is 7.01. The largest absolute Gasteiger partial charge is 0.436 e. The van der Waals surface area contributed by atoms with Crippen LogP contribution in [0.15, 0.2) is 247 Å². The van der Waals surface area contributed by atoms with E-state index in [9.17, 15) is 0 Å². The summed E-state index contributed by atoms with van der Waals surface area (Å²) in [6, 6.07) is 89.7. The topological polar surface area (TPSA) is 32.5 Å². The first-order chi connectivity index (χ1) is 36.7. The van der Waals surface area contributed by atoms with Crippen LogP contribution in [0.4, 0.5) is 34.1 Å². The van der Waals surface area contributed by atoms with Crippen molar-refractivity contribution in [3.8, 4) is 33.7 Å². The quantitative estimate of drug-likeness (QED) is 0.127. The molecule has 0 unspecified atom stereocenters. The molecule has 14 aromatic carbocycles. The van der Waals surface area contributed by atoms with Gasteiger partial charge in [-0.15, -0.1) is 0 Å². The van der Waals surface area contributed by atoms with Crippen LogP contribution in [0, 0.1) is 0 Å². The van der Waals surface area contributed by atoms with Crippen LogP contribution < -0.4 is 26.2 Å². The van der Waals surface area contributed by atoms with Gasteiger partial charge in [0.1, 0.15) is 5.52 Å². The first-order valence-electron chi connectivity index (χ1n) is 25.5. The first-order valence-corrected chi connectivity index (χ1v) is 25.5.